The summed E-state index contributed by atoms with van der Waals surface area (Å²) < 4.78 is 11.0. The monoisotopic (exact) mass is 329 g/mol. The molecule has 6 nitrogen and oxygen atoms in total. The fourth-order valence-corrected chi connectivity index (χ4v) is 3.04. The molecule has 0 aliphatic carbocycles. The largest absolute Gasteiger partial charge is 0.477 e. The molecule has 24 heavy (non-hydrogen) atoms. The lowest BCUT2D eigenvalue weighted by Gasteiger charge is -2.26. The van der Waals surface area contributed by atoms with Gasteiger partial charge in [0.25, 0.3) is 5.91 Å². The van der Waals surface area contributed by atoms with Crippen molar-refractivity contribution < 1.29 is 13.9 Å². The third kappa shape index (κ3) is 3.76. The molecule has 1 N–H and O–H groups in total. The van der Waals surface area contributed by atoms with Gasteiger partial charge >= 0.3 is 0 Å². The third-order valence-corrected chi connectivity index (χ3v) is 4.21. The van der Waals surface area contributed by atoms with Crippen LogP contribution in [0.15, 0.2) is 41.1 Å². The zero-order valence-corrected chi connectivity index (χ0v) is 13.9. The first kappa shape index (κ1) is 16.5. The van der Waals surface area contributed by atoms with E-state index in [1.54, 1.807) is 24.6 Å². The Bertz CT molecular complexity index is 651. The molecule has 0 aromatic carbocycles. The molecule has 0 saturated carbocycles. The van der Waals surface area contributed by atoms with Crippen LogP contribution in [0.3, 0.4) is 0 Å². The molecule has 0 radical (unpaired) electrons. The van der Waals surface area contributed by atoms with Gasteiger partial charge in [0.15, 0.2) is 0 Å². The number of rotatable bonds is 7. The van der Waals surface area contributed by atoms with Crippen LogP contribution in [0.4, 0.5) is 0 Å². The standard InChI is InChI=1S/C18H23N3O3/c1-2-23-18-14(7-5-9-19-18)17(22)20-13-15(16-8-6-12-24-16)21-10-3-4-11-21/h5-9,12,15H,2-4,10-11,13H2,1H3,(H,20,22)/t15-/m0/s1. The lowest BCUT2D eigenvalue weighted by atomic mass is 10.2. The van der Waals surface area contributed by atoms with Gasteiger partial charge in [0.05, 0.1) is 18.9 Å². The highest BCUT2D eigenvalue weighted by Gasteiger charge is 2.26. The molecule has 1 aliphatic heterocycles. The van der Waals surface area contributed by atoms with Gasteiger partial charge in [-0.3, -0.25) is 9.69 Å². The van der Waals surface area contributed by atoms with Gasteiger partial charge in [0, 0.05) is 12.7 Å². The minimum atomic E-state index is -0.178. The highest BCUT2D eigenvalue weighted by Crippen LogP contribution is 2.25. The number of nitrogens with one attached hydrogen (secondary N) is 1. The average Bonchev–Trinajstić information content (AvgIpc) is 3.30. The Balaban J connectivity index is 1.69. The SMILES string of the molecule is CCOc1ncccc1C(=O)NC[C@@H](c1ccco1)N1CCCC1. The number of carbonyl (C=O) groups is 1. The molecule has 6 heteroatoms. The minimum absolute atomic E-state index is 0.0543. The molecule has 1 fully saturated rings. The molecule has 1 saturated heterocycles. The summed E-state index contributed by atoms with van der Waals surface area (Å²) in [7, 11) is 0. The second kappa shape index (κ2) is 7.97. The Hall–Kier alpha value is -2.34. The van der Waals surface area contributed by atoms with Crippen molar-refractivity contribution in [1.82, 2.24) is 15.2 Å². The molecular formula is C18H23N3O3. The van der Waals surface area contributed by atoms with Crippen LogP contribution < -0.4 is 10.1 Å². The van der Waals surface area contributed by atoms with E-state index in [2.05, 4.69) is 15.2 Å². The number of amides is 1. The lowest BCUT2D eigenvalue weighted by molar-refractivity contribution is 0.0929. The number of likely N-dealkylation sites (tertiary alicyclic amines) is 1. The van der Waals surface area contributed by atoms with Gasteiger partial charge < -0.3 is 14.5 Å². The first-order valence-electron chi connectivity index (χ1n) is 8.43. The van der Waals surface area contributed by atoms with Crippen LogP contribution in [0.5, 0.6) is 5.88 Å². The average molecular weight is 329 g/mol. The zero-order valence-electron chi connectivity index (χ0n) is 13.9. The molecule has 1 atom stereocenters. The van der Waals surface area contributed by atoms with Crippen molar-refractivity contribution in [2.45, 2.75) is 25.8 Å². The summed E-state index contributed by atoms with van der Waals surface area (Å²) in [4.78, 5) is 19.0. The van der Waals surface area contributed by atoms with E-state index < -0.39 is 0 Å². The molecule has 1 aliphatic rings. The fourth-order valence-electron chi connectivity index (χ4n) is 3.04. The van der Waals surface area contributed by atoms with Crippen LogP contribution in [-0.4, -0.2) is 42.0 Å². The summed E-state index contributed by atoms with van der Waals surface area (Å²) >= 11 is 0. The highest BCUT2D eigenvalue weighted by atomic mass is 16.5. The Morgan fingerprint density at radius 3 is 2.92 bits per heavy atom. The summed E-state index contributed by atoms with van der Waals surface area (Å²) in [6.45, 7) is 4.89. The number of pyridine rings is 1. The van der Waals surface area contributed by atoms with E-state index in [-0.39, 0.29) is 11.9 Å². The number of nitrogens with zero attached hydrogens (tertiary/aromatic N) is 2. The maximum atomic E-state index is 12.5. The molecular weight excluding hydrogens is 306 g/mol. The predicted octanol–water partition coefficient (Wildman–Crippen LogP) is 2.64. The molecule has 2 aromatic rings. The Morgan fingerprint density at radius 2 is 2.21 bits per heavy atom. The maximum absolute atomic E-state index is 12.5. The van der Waals surface area contributed by atoms with Crippen molar-refractivity contribution in [3.8, 4) is 5.88 Å². The molecule has 2 aromatic heterocycles. The van der Waals surface area contributed by atoms with Gasteiger partial charge in [-0.1, -0.05) is 0 Å². The normalized spacial score (nSPS) is 16.0. The number of ether oxygens (including phenoxy) is 1. The number of carbonyl (C=O) groups excluding carboxylic acids is 1. The van der Waals surface area contributed by atoms with Crippen LogP contribution in [0, 0.1) is 0 Å². The summed E-state index contributed by atoms with van der Waals surface area (Å²) in [5, 5.41) is 3.00. The number of furan rings is 1. The van der Waals surface area contributed by atoms with Gasteiger partial charge in [-0.15, -0.1) is 0 Å². The number of hydrogen-bond donors (Lipinski definition) is 1. The van der Waals surface area contributed by atoms with Crippen molar-refractivity contribution in [3.05, 3.63) is 48.0 Å². The van der Waals surface area contributed by atoms with E-state index in [0.717, 1.165) is 18.8 Å². The summed E-state index contributed by atoms with van der Waals surface area (Å²) in [6, 6.07) is 7.37. The lowest BCUT2D eigenvalue weighted by Crippen LogP contribution is -2.36. The van der Waals surface area contributed by atoms with Gasteiger partial charge in [-0.2, -0.15) is 0 Å². The molecule has 0 spiro atoms. The molecule has 128 valence electrons. The van der Waals surface area contributed by atoms with Crippen LogP contribution in [0.2, 0.25) is 0 Å². The van der Waals surface area contributed by atoms with Crippen LogP contribution >= 0.6 is 0 Å². The van der Waals surface area contributed by atoms with Gasteiger partial charge in [0.2, 0.25) is 5.88 Å². The zero-order chi connectivity index (χ0) is 16.8. The fraction of sp³-hybridized carbons (Fsp3) is 0.444. The molecule has 0 bridgehead atoms. The van der Waals surface area contributed by atoms with E-state index in [9.17, 15) is 4.79 Å². The summed E-state index contributed by atoms with van der Waals surface area (Å²) in [6.07, 6.45) is 5.66. The predicted molar refractivity (Wildman–Crippen MR) is 90.0 cm³/mol. The maximum Gasteiger partial charge on any atom is 0.256 e. The summed E-state index contributed by atoms with van der Waals surface area (Å²) in [5.41, 5.74) is 0.457. The van der Waals surface area contributed by atoms with Crippen LogP contribution in [-0.2, 0) is 0 Å². The topological polar surface area (TPSA) is 67.6 Å². The summed E-state index contributed by atoms with van der Waals surface area (Å²) in [5.74, 6) is 1.07. The number of aromatic nitrogens is 1. The van der Waals surface area contributed by atoms with E-state index in [1.807, 2.05) is 19.1 Å². The van der Waals surface area contributed by atoms with Crippen molar-refractivity contribution in [2.75, 3.05) is 26.2 Å². The van der Waals surface area contributed by atoms with Crippen molar-refractivity contribution in [2.24, 2.45) is 0 Å². The van der Waals surface area contributed by atoms with Crippen LogP contribution in [0.1, 0.15) is 41.9 Å². The number of hydrogen-bond acceptors (Lipinski definition) is 5. The van der Waals surface area contributed by atoms with E-state index >= 15 is 0 Å². The van der Waals surface area contributed by atoms with E-state index in [0.29, 0.717) is 24.6 Å². The Labute approximate surface area is 141 Å². The van der Waals surface area contributed by atoms with Crippen molar-refractivity contribution >= 4 is 5.91 Å². The van der Waals surface area contributed by atoms with Gasteiger partial charge in [0.1, 0.15) is 11.3 Å². The van der Waals surface area contributed by atoms with Crippen LogP contribution in [0.25, 0.3) is 0 Å². The van der Waals surface area contributed by atoms with Gasteiger partial charge in [-0.25, -0.2) is 4.98 Å². The smallest absolute Gasteiger partial charge is 0.256 e. The van der Waals surface area contributed by atoms with Crippen molar-refractivity contribution in [3.63, 3.8) is 0 Å². The quantitative estimate of drug-likeness (QED) is 0.846. The molecule has 3 rings (SSSR count). The first-order valence-corrected chi connectivity index (χ1v) is 8.43. The third-order valence-electron chi connectivity index (χ3n) is 4.21. The Morgan fingerprint density at radius 1 is 1.38 bits per heavy atom. The molecule has 3 heterocycles. The molecule has 1 amide bonds. The second-order valence-corrected chi connectivity index (χ2v) is 5.77. The Kier molecular flexibility index (Phi) is 5.48. The minimum Gasteiger partial charge on any atom is -0.477 e. The molecule has 0 unspecified atom stereocenters. The van der Waals surface area contributed by atoms with E-state index in [4.69, 9.17) is 9.15 Å². The van der Waals surface area contributed by atoms with Gasteiger partial charge in [-0.05, 0) is 57.1 Å². The highest BCUT2D eigenvalue weighted by molar-refractivity contribution is 5.96. The second-order valence-electron chi connectivity index (χ2n) is 5.77. The van der Waals surface area contributed by atoms with E-state index in [1.165, 1.54) is 12.8 Å². The van der Waals surface area contributed by atoms with Crippen molar-refractivity contribution in [1.29, 1.82) is 0 Å². The first-order chi connectivity index (χ1) is 11.8.